The molecule has 0 spiro atoms. The van der Waals surface area contributed by atoms with Crippen LogP contribution in [0.25, 0.3) is 11.0 Å². The van der Waals surface area contributed by atoms with Gasteiger partial charge in [-0.15, -0.1) is 0 Å². The maximum absolute atomic E-state index is 13.1. The number of furan rings is 1. The van der Waals surface area contributed by atoms with E-state index in [-0.39, 0.29) is 17.2 Å². The molecule has 10 heteroatoms. The van der Waals surface area contributed by atoms with Crippen LogP contribution in [0.1, 0.15) is 37.4 Å². The number of carboxylic acid groups (broad SMARTS) is 1. The first-order valence-electron chi connectivity index (χ1n) is 12.3. The molecule has 1 aliphatic rings. The van der Waals surface area contributed by atoms with Gasteiger partial charge in [0.15, 0.2) is 9.84 Å². The Labute approximate surface area is 225 Å². The Hall–Kier alpha value is -4.44. The number of sulfone groups is 1. The van der Waals surface area contributed by atoms with Crippen LogP contribution in [0.5, 0.6) is 0 Å². The first-order valence-corrected chi connectivity index (χ1v) is 14.2. The third-order valence-electron chi connectivity index (χ3n) is 6.84. The number of hydrogen-bond acceptors (Lipinski definition) is 6. The third kappa shape index (κ3) is 5.70. The fourth-order valence-corrected chi connectivity index (χ4v) is 5.41. The van der Waals surface area contributed by atoms with Crippen molar-refractivity contribution in [3.8, 4) is 0 Å². The Kier molecular flexibility index (Phi) is 6.96. The fourth-order valence-electron chi connectivity index (χ4n) is 4.72. The summed E-state index contributed by atoms with van der Waals surface area (Å²) in [6.07, 6.45) is 3.13. The van der Waals surface area contributed by atoms with Gasteiger partial charge in [0.25, 0.3) is 11.8 Å². The van der Waals surface area contributed by atoms with Crippen molar-refractivity contribution in [2.24, 2.45) is 0 Å². The largest absolute Gasteiger partial charge is 0.480 e. The molecule has 1 atom stereocenters. The number of amides is 2. The van der Waals surface area contributed by atoms with E-state index in [4.69, 9.17) is 4.42 Å². The zero-order chi connectivity index (χ0) is 27.7. The van der Waals surface area contributed by atoms with Gasteiger partial charge in [-0.3, -0.25) is 9.59 Å². The number of nitrogens with one attached hydrogen (secondary N) is 1. The lowest BCUT2D eigenvalue weighted by Crippen LogP contribution is -2.42. The zero-order valence-corrected chi connectivity index (χ0v) is 21.9. The summed E-state index contributed by atoms with van der Waals surface area (Å²) in [7, 11) is -3.45. The number of aliphatic carboxylic acids is 1. The fraction of sp³-hybridized carbons (Fsp3) is 0.207. The SMILES string of the molecule is CS(=O)(=O)c1cccc(CC(NC(=O)c2ccc3c(c2)CCN(C(=O)c2ccc4ccoc4c2)C3)C(=O)O)c1. The summed E-state index contributed by atoms with van der Waals surface area (Å²) in [6.45, 7) is 0.863. The van der Waals surface area contributed by atoms with Crippen molar-refractivity contribution in [2.45, 2.75) is 30.3 Å². The van der Waals surface area contributed by atoms with E-state index >= 15 is 0 Å². The Morgan fingerprint density at radius 1 is 1.00 bits per heavy atom. The minimum atomic E-state index is -3.45. The van der Waals surface area contributed by atoms with Gasteiger partial charge in [0, 0.05) is 42.3 Å². The van der Waals surface area contributed by atoms with Crippen LogP contribution < -0.4 is 5.32 Å². The Morgan fingerprint density at radius 2 is 1.79 bits per heavy atom. The van der Waals surface area contributed by atoms with Gasteiger partial charge in [0.1, 0.15) is 11.6 Å². The number of benzene rings is 3. The van der Waals surface area contributed by atoms with Gasteiger partial charge < -0.3 is 19.7 Å². The highest BCUT2D eigenvalue weighted by Crippen LogP contribution is 2.24. The molecule has 3 aromatic carbocycles. The van der Waals surface area contributed by atoms with Crippen molar-refractivity contribution in [3.63, 3.8) is 0 Å². The molecule has 2 N–H and O–H groups in total. The molecule has 1 aromatic heterocycles. The van der Waals surface area contributed by atoms with Crippen LogP contribution in [-0.4, -0.2) is 55.1 Å². The lowest BCUT2D eigenvalue weighted by Gasteiger charge is -2.29. The summed E-state index contributed by atoms with van der Waals surface area (Å²) in [5.74, 6) is -1.88. The lowest BCUT2D eigenvalue weighted by atomic mass is 9.96. The molecule has 0 saturated heterocycles. The summed E-state index contributed by atoms with van der Waals surface area (Å²) < 4.78 is 29.1. The standard InChI is InChI=1S/C29H26N2O7S/c1-39(36,37)24-4-2-3-18(13-24)14-25(29(34)35)30-27(32)21-6-8-23-17-31(11-9-20(23)15-21)28(33)22-7-5-19-10-12-38-26(19)16-22/h2-8,10,12-13,15-16,25H,9,11,14,17H2,1H3,(H,30,32)(H,34,35). The molecule has 0 radical (unpaired) electrons. The molecular formula is C29H26N2O7S. The van der Waals surface area contributed by atoms with Crippen molar-refractivity contribution in [2.75, 3.05) is 12.8 Å². The number of hydrogen-bond donors (Lipinski definition) is 2. The number of fused-ring (bicyclic) bond motifs is 2. The summed E-state index contributed by atoms with van der Waals surface area (Å²) >= 11 is 0. The second-order valence-electron chi connectivity index (χ2n) is 9.62. The van der Waals surface area contributed by atoms with Gasteiger partial charge in [-0.05, 0) is 65.6 Å². The molecule has 0 bridgehead atoms. The van der Waals surface area contributed by atoms with E-state index in [2.05, 4.69) is 5.32 Å². The molecule has 9 nitrogen and oxygen atoms in total. The minimum absolute atomic E-state index is 0.0732. The highest BCUT2D eigenvalue weighted by atomic mass is 32.2. The summed E-state index contributed by atoms with van der Waals surface area (Å²) in [5.41, 5.74) is 3.81. The first kappa shape index (κ1) is 26.2. The normalized spacial score (nSPS) is 14.0. The average Bonchev–Trinajstić information content (AvgIpc) is 3.39. The highest BCUT2D eigenvalue weighted by Gasteiger charge is 2.25. The van der Waals surface area contributed by atoms with Crippen LogP contribution in [0.3, 0.4) is 0 Å². The van der Waals surface area contributed by atoms with Crippen LogP contribution >= 0.6 is 0 Å². The molecule has 39 heavy (non-hydrogen) atoms. The second kappa shape index (κ2) is 10.4. The third-order valence-corrected chi connectivity index (χ3v) is 7.95. The van der Waals surface area contributed by atoms with Crippen molar-refractivity contribution >= 4 is 38.6 Å². The topological polar surface area (TPSA) is 134 Å². The maximum atomic E-state index is 13.1. The van der Waals surface area contributed by atoms with E-state index in [1.807, 2.05) is 12.1 Å². The van der Waals surface area contributed by atoms with Gasteiger partial charge in [0.05, 0.1) is 11.2 Å². The number of carbonyl (C=O) groups is 3. The smallest absolute Gasteiger partial charge is 0.326 e. The van der Waals surface area contributed by atoms with Crippen molar-refractivity contribution in [1.82, 2.24) is 10.2 Å². The molecule has 0 aliphatic carbocycles. The number of rotatable bonds is 7. The van der Waals surface area contributed by atoms with Gasteiger partial charge in [-0.25, -0.2) is 13.2 Å². The van der Waals surface area contributed by atoms with Crippen LogP contribution in [0.4, 0.5) is 0 Å². The molecule has 2 heterocycles. The molecule has 4 aromatic rings. The molecule has 0 fully saturated rings. The van der Waals surface area contributed by atoms with E-state index in [1.54, 1.807) is 53.6 Å². The molecule has 200 valence electrons. The maximum Gasteiger partial charge on any atom is 0.326 e. The Balaban J connectivity index is 1.27. The first-order chi connectivity index (χ1) is 18.6. The van der Waals surface area contributed by atoms with E-state index in [0.29, 0.717) is 41.8 Å². The predicted molar refractivity (Wildman–Crippen MR) is 143 cm³/mol. The molecule has 1 aliphatic heterocycles. The van der Waals surface area contributed by atoms with Gasteiger partial charge in [-0.2, -0.15) is 0 Å². The quantitative estimate of drug-likeness (QED) is 0.363. The zero-order valence-electron chi connectivity index (χ0n) is 21.1. The molecule has 5 rings (SSSR count). The van der Waals surface area contributed by atoms with Crippen LogP contribution in [0, 0.1) is 0 Å². The Morgan fingerprint density at radius 3 is 2.56 bits per heavy atom. The number of carbonyl (C=O) groups excluding carboxylic acids is 2. The van der Waals surface area contributed by atoms with Crippen molar-refractivity contribution in [3.05, 3.63) is 101 Å². The number of nitrogens with zero attached hydrogens (tertiary/aromatic N) is 1. The summed E-state index contributed by atoms with van der Waals surface area (Å²) in [5, 5.41) is 13.2. The van der Waals surface area contributed by atoms with E-state index < -0.39 is 27.8 Å². The van der Waals surface area contributed by atoms with E-state index in [1.165, 1.54) is 12.1 Å². The van der Waals surface area contributed by atoms with Gasteiger partial charge in [0.2, 0.25) is 0 Å². The average molecular weight is 547 g/mol. The molecular weight excluding hydrogens is 520 g/mol. The monoisotopic (exact) mass is 546 g/mol. The van der Waals surface area contributed by atoms with Crippen LogP contribution in [-0.2, 0) is 34.0 Å². The van der Waals surface area contributed by atoms with Crippen LogP contribution in [0.2, 0.25) is 0 Å². The second-order valence-corrected chi connectivity index (χ2v) is 11.6. The van der Waals surface area contributed by atoms with Gasteiger partial charge >= 0.3 is 5.97 Å². The number of carboxylic acids is 1. The lowest BCUT2D eigenvalue weighted by molar-refractivity contribution is -0.139. The van der Waals surface area contributed by atoms with Crippen molar-refractivity contribution in [1.29, 1.82) is 0 Å². The highest BCUT2D eigenvalue weighted by molar-refractivity contribution is 7.90. The van der Waals surface area contributed by atoms with Crippen LogP contribution in [0.15, 0.2) is 82.3 Å². The molecule has 2 amide bonds. The summed E-state index contributed by atoms with van der Waals surface area (Å²) in [6, 6.07) is 17.1. The predicted octanol–water partition coefficient (Wildman–Crippen LogP) is 3.46. The minimum Gasteiger partial charge on any atom is -0.480 e. The molecule has 0 saturated carbocycles. The van der Waals surface area contributed by atoms with E-state index in [9.17, 15) is 27.9 Å². The van der Waals surface area contributed by atoms with E-state index in [0.717, 1.165) is 22.8 Å². The van der Waals surface area contributed by atoms with Crippen molar-refractivity contribution < 1.29 is 32.3 Å². The molecule has 1 unspecified atom stereocenters. The summed E-state index contributed by atoms with van der Waals surface area (Å²) in [4.78, 5) is 39.8. The van der Waals surface area contributed by atoms with Gasteiger partial charge in [-0.1, -0.05) is 24.3 Å². The Bertz CT molecular complexity index is 1710.